The van der Waals surface area contributed by atoms with Gasteiger partial charge in [-0.25, -0.2) is 0 Å². The highest BCUT2D eigenvalue weighted by Gasteiger charge is 2.17. The number of nitrogens with one attached hydrogen (secondary N) is 3. The SMILES string of the molecule is Cc1cc(C)c(NC(=O)C[NH+](C)CC(=O)Nc2c(Cl)cccc2Cl)c(C)c1. The van der Waals surface area contributed by atoms with Gasteiger partial charge in [-0.15, -0.1) is 0 Å². The number of quaternary nitrogens is 1. The van der Waals surface area contributed by atoms with E-state index in [1.54, 1.807) is 25.2 Å². The van der Waals surface area contributed by atoms with E-state index >= 15 is 0 Å². The van der Waals surface area contributed by atoms with Crippen molar-refractivity contribution in [1.82, 2.24) is 0 Å². The van der Waals surface area contributed by atoms with Crippen LogP contribution in [0, 0.1) is 20.8 Å². The third-order valence-corrected chi connectivity index (χ3v) is 4.72. The molecule has 0 aliphatic rings. The first-order chi connectivity index (χ1) is 12.7. The van der Waals surface area contributed by atoms with Crippen molar-refractivity contribution in [2.75, 3.05) is 30.8 Å². The van der Waals surface area contributed by atoms with Crippen molar-refractivity contribution in [2.24, 2.45) is 0 Å². The largest absolute Gasteiger partial charge is 0.322 e. The van der Waals surface area contributed by atoms with Gasteiger partial charge in [0.2, 0.25) is 0 Å². The van der Waals surface area contributed by atoms with Crippen molar-refractivity contribution >= 4 is 46.4 Å². The maximum atomic E-state index is 12.4. The Kier molecular flexibility index (Phi) is 7.25. The summed E-state index contributed by atoms with van der Waals surface area (Å²) < 4.78 is 0. The first-order valence-corrected chi connectivity index (χ1v) is 9.36. The first kappa shape index (κ1) is 21.2. The predicted octanol–water partition coefficient (Wildman–Crippen LogP) is 3.01. The minimum Gasteiger partial charge on any atom is -0.322 e. The van der Waals surface area contributed by atoms with Crippen molar-refractivity contribution in [3.63, 3.8) is 0 Å². The molecule has 3 N–H and O–H groups in total. The Hall–Kier alpha value is -2.08. The number of likely N-dealkylation sites (N-methyl/N-ethyl adjacent to an activating group) is 1. The normalized spacial score (nSPS) is 11.8. The lowest BCUT2D eigenvalue weighted by Gasteiger charge is -2.16. The number of carbonyl (C=O) groups excluding carboxylic acids is 2. The second kappa shape index (κ2) is 9.22. The van der Waals surface area contributed by atoms with Crippen molar-refractivity contribution in [3.8, 4) is 0 Å². The highest BCUT2D eigenvalue weighted by atomic mass is 35.5. The molecular weight excluding hydrogens is 385 g/mol. The molecule has 1 atom stereocenters. The Morgan fingerprint density at radius 3 is 1.81 bits per heavy atom. The third kappa shape index (κ3) is 5.96. The molecule has 0 aromatic heterocycles. The fourth-order valence-corrected chi connectivity index (χ4v) is 3.46. The van der Waals surface area contributed by atoms with Crippen LogP contribution in [0.3, 0.4) is 0 Å². The van der Waals surface area contributed by atoms with Gasteiger partial charge in [0.05, 0.1) is 22.8 Å². The van der Waals surface area contributed by atoms with Gasteiger partial charge in [0.25, 0.3) is 11.8 Å². The Balaban J connectivity index is 1.92. The van der Waals surface area contributed by atoms with Gasteiger partial charge >= 0.3 is 0 Å². The fourth-order valence-electron chi connectivity index (χ4n) is 2.97. The van der Waals surface area contributed by atoms with Gasteiger partial charge in [-0.1, -0.05) is 47.0 Å². The maximum Gasteiger partial charge on any atom is 0.279 e. The third-order valence-electron chi connectivity index (χ3n) is 4.09. The van der Waals surface area contributed by atoms with Gasteiger partial charge in [-0.3, -0.25) is 9.59 Å². The van der Waals surface area contributed by atoms with Crippen LogP contribution in [0.1, 0.15) is 16.7 Å². The summed E-state index contributed by atoms with van der Waals surface area (Å²) in [6, 6.07) is 9.07. The molecule has 0 saturated heterocycles. The molecule has 144 valence electrons. The summed E-state index contributed by atoms with van der Waals surface area (Å²) in [6.45, 7) is 6.23. The van der Waals surface area contributed by atoms with Gasteiger partial charge in [0, 0.05) is 5.69 Å². The molecule has 5 nitrogen and oxygen atoms in total. The van der Waals surface area contributed by atoms with E-state index in [0.717, 1.165) is 27.3 Å². The molecule has 0 aliphatic heterocycles. The molecule has 1 unspecified atom stereocenters. The van der Waals surface area contributed by atoms with Crippen LogP contribution in [0.4, 0.5) is 11.4 Å². The lowest BCUT2D eigenvalue weighted by atomic mass is 10.1. The number of amides is 2. The molecule has 2 aromatic rings. The zero-order chi connectivity index (χ0) is 20.1. The molecule has 0 heterocycles. The smallest absolute Gasteiger partial charge is 0.279 e. The number of para-hydroxylation sites is 1. The number of anilines is 2. The first-order valence-electron chi connectivity index (χ1n) is 8.60. The molecule has 0 aliphatic carbocycles. The quantitative estimate of drug-likeness (QED) is 0.687. The molecule has 0 saturated carbocycles. The van der Waals surface area contributed by atoms with Crippen LogP contribution >= 0.6 is 23.2 Å². The standard InChI is InChI=1S/C20H23Cl2N3O2/c1-12-8-13(2)19(14(3)9-12)23-17(26)10-25(4)11-18(27)24-20-15(21)6-5-7-16(20)22/h5-9H,10-11H2,1-4H3,(H,23,26)(H,24,27)/p+1. The molecule has 2 rings (SSSR count). The molecule has 0 radical (unpaired) electrons. The number of carbonyl (C=O) groups is 2. The number of benzene rings is 2. The predicted molar refractivity (Wildman–Crippen MR) is 111 cm³/mol. The molecule has 0 fully saturated rings. The molecule has 27 heavy (non-hydrogen) atoms. The van der Waals surface area contributed by atoms with Crippen LogP contribution in [0.15, 0.2) is 30.3 Å². The van der Waals surface area contributed by atoms with Crippen molar-refractivity contribution in [1.29, 1.82) is 0 Å². The van der Waals surface area contributed by atoms with Gasteiger partial charge in [-0.05, 0) is 44.0 Å². The minimum absolute atomic E-state index is 0.112. The van der Waals surface area contributed by atoms with Gasteiger partial charge in [0.15, 0.2) is 13.1 Å². The summed E-state index contributed by atoms with van der Waals surface area (Å²) in [6.07, 6.45) is 0. The second-order valence-electron chi connectivity index (χ2n) is 6.78. The van der Waals surface area contributed by atoms with Crippen LogP contribution in [-0.4, -0.2) is 32.0 Å². The zero-order valence-corrected chi connectivity index (χ0v) is 17.4. The van der Waals surface area contributed by atoms with Gasteiger partial charge < -0.3 is 15.5 Å². The highest BCUT2D eigenvalue weighted by Crippen LogP contribution is 2.29. The Bertz CT molecular complexity index is 825. The monoisotopic (exact) mass is 408 g/mol. The summed E-state index contributed by atoms with van der Waals surface area (Å²) in [5.41, 5.74) is 4.40. The highest BCUT2D eigenvalue weighted by molar-refractivity contribution is 6.39. The van der Waals surface area contributed by atoms with E-state index in [9.17, 15) is 9.59 Å². The van der Waals surface area contributed by atoms with E-state index in [4.69, 9.17) is 23.2 Å². The zero-order valence-electron chi connectivity index (χ0n) is 15.9. The van der Waals surface area contributed by atoms with E-state index in [-0.39, 0.29) is 24.9 Å². The lowest BCUT2D eigenvalue weighted by Crippen LogP contribution is -3.11. The Labute approximate surface area is 169 Å². The summed E-state index contributed by atoms with van der Waals surface area (Å²) in [5.74, 6) is -0.413. The number of aryl methyl sites for hydroxylation is 3. The van der Waals surface area contributed by atoms with Crippen LogP contribution in [-0.2, 0) is 9.59 Å². The van der Waals surface area contributed by atoms with E-state index in [1.165, 1.54) is 0 Å². The van der Waals surface area contributed by atoms with Crippen molar-refractivity contribution in [3.05, 3.63) is 57.1 Å². The van der Waals surface area contributed by atoms with Crippen molar-refractivity contribution < 1.29 is 14.5 Å². The van der Waals surface area contributed by atoms with Crippen LogP contribution < -0.4 is 15.5 Å². The van der Waals surface area contributed by atoms with E-state index in [1.807, 2.05) is 32.9 Å². The van der Waals surface area contributed by atoms with Crippen LogP contribution in [0.2, 0.25) is 10.0 Å². The number of hydrogen-bond donors (Lipinski definition) is 3. The summed E-state index contributed by atoms with van der Waals surface area (Å²) in [5, 5.41) is 6.39. The average molecular weight is 409 g/mol. The molecular formula is C20H24Cl2N3O2+. The molecule has 7 heteroatoms. The average Bonchev–Trinajstić information content (AvgIpc) is 2.54. The molecule has 2 amide bonds. The topological polar surface area (TPSA) is 62.6 Å². The Morgan fingerprint density at radius 2 is 1.33 bits per heavy atom. The molecule has 0 spiro atoms. The van der Waals surface area contributed by atoms with E-state index in [2.05, 4.69) is 10.6 Å². The van der Waals surface area contributed by atoms with Crippen molar-refractivity contribution in [2.45, 2.75) is 20.8 Å². The number of rotatable bonds is 6. The fraction of sp³-hybridized carbons (Fsp3) is 0.300. The van der Waals surface area contributed by atoms with E-state index in [0.29, 0.717) is 15.7 Å². The number of halogens is 2. The van der Waals surface area contributed by atoms with Gasteiger partial charge in [0.1, 0.15) is 0 Å². The number of hydrogen-bond acceptors (Lipinski definition) is 2. The maximum absolute atomic E-state index is 12.4. The lowest BCUT2D eigenvalue weighted by molar-refractivity contribution is -0.862. The van der Waals surface area contributed by atoms with E-state index < -0.39 is 0 Å². The summed E-state index contributed by atoms with van der Waals surface area (Å²) in [7, 11) is 1.78. The summed E-state index contributed by atoms with van der Waals surface area (Å²) in [4.78, 5) is 25.3. The minimum atomic E-state index is -0.266. The van der Waals surface area contributed by atoms with Gasteiger partial charge in [-0.2, -0.15) is 0 Å². The molecule has 2 aromatic carbocycles. The summed E-state index contributed by atoms with van der Waals surface area (Å²) >= 11 is 12.1. The second-order valence-corrected chi connectivity index (χ2v) is 7.59. The van der Waals surface area contributed by atoms with Crippen LogP contribution in [0.25, 0.3) is 0 Å². The molecule has 0 bridgehead atoms. The Morgan fingerprint density at radius 1 is 0.889 bits per heavy atom. The van der Waals surface area contributed by atoms with Crippen LogP contribution in [0.5, 0.6) is 0 Å².